The number of nitrogens with one attached hydrogen (secondary N) is 1. The van der Waals surface area contributed by atoms with E-state index in [2.05, 4.69) is 10.2 Å². The molecule has 0 fully saturated rings. The summed E-state index contributed by atoms with van der Waals surface area (Å²) in [5.41, 5.74) is 2.85. The van der Waals surface area contributed by atoms with Crippen molar-refractivity contribution in [2.45, 2.75) is 42.8 Å². The number of benzene rings is 3. The molecular formula is C28H27Cl3N2O6S. The molecule has 3 aromatic carbocycles. The average molecular weight is 626 g/mol. The van der Waals surface area contributed by atoms with Crippen molar-refractivity contribution in [3.8, 4) is 0 Å². The molecule has 3 atom stereocenters. The number of carboxylic acid groups (broad SMARTS) is 1. The summed E-state index contributed by atoms with van der Waals surface area (Å²) in [4.78, 5) is 27.4. The maximum Gasteiger partial charge on any atom is 0.326 e. The molecule has 1 aliphatic rings. The summed E-state index contributed by atoms with van der Waals surface area (Å²) in [6, 6.07) is 13.5. The highest BCUT2D eigenvalue weighted by molar-refractivity contribution is 7.79. The molecule has 0 bridgehead atoms. The fourth-order valence-electron chi connectivity index (χ4n) is 4.74. The Hall–Kier alpha value is -2.50. The first-order valence-corrected chi connectivity index (χ1v) is 14.7. The van der Waals surface area contributed by atoms with Crippen LogP contribution >= 0.6 is 34.8 Å². The Morgan fingerprint density at radius 2 is 1.82 bits per heavy atom. The Morgan fingerprint density at radius 1 is 1.07 bits per heavy atom. The number of hydrogen-bond donors (Lipinski definition) is 4. The first-order valence-electron chi connectivity index (χ1n) is 12.4. The Bertz CT molecular complexity index is 1450. The van der Waals surface area contributed by atoms with Gasteiger partial charge in [0.2, 0.25) is 0 Å². The summed E-state index contributed by atoms with van der Waals surface area (Å²) >= 11 is 16.9. The summed E-state index contributed by atoms with van der Waals surface area (Å²) in [6.07, 6.45) is 0.286. The lowest BCUT2D eigenvalue weighted by Crippen LogP contribution is -2.42. The highest BCUT2D eigenvalue weighted by Crippen LogP contribution is 2.35. The number of aliphatic hydroxyl groups excluding tert-OH is 1. The molecule has 1 aliphatic heterocycles. The van der Waals surface area contributed by atoms with Crippen LogP contribution < -0.4 is 5.32 Å². The van der Waals surface area contributed by atoms with E-state index in [0.717, 1.165) is 16.7 Å². The molecule has 212 valence electrons. The smallest absolute Gasteiger partial charge is 0.326 e. The lowest BCUT2D eigenvalue weighted by molar-refractivity contribution is -0.139. The van der Waals surface area contributed by atoms with Gasteiger partial charge in [-0.2, -0.15) is 0 Å². The van der Waals surface area contributed by atoms with Gasteiger partial charge >= 0.3 is 5.97 Å². The van der Waals surface area contributed by atoms with Crippen molar-refractivity contribution < 1.29 is 28.6 Å². The number of amides is 1. The van der Waals surface area contributed by atoms with E-state index in [0.29, 0.717) is 43.1 Å². The van der Waals surface area contributed by atoms with Gasteiger partial charge in [0, 0.05) is 31.1 Å². The lowest BCUT2D eigenvalue weighted by atomic mass is 9.95. The van der Waals surface area contributed by atoms with Crippen LogP contribution in [-0.2, 0) is 35.3 Å². The predicted molar refractivity (Wildman–Crippen MR) is 155 cm³/mol. The minimum atomic E-state index is -2.22. The van der Waals surface area contributed by atoms with Gasteiger partial charge in [-0.15, -0.1) is 0 Å². The van der Waals surface area contributed by atoms with Crippen molar-refractivity contribution >= 4 is 57.8 Å². The minimum Gasteiger partial charge on any atom is -0.480 e. The van der Waals surface area contributed by atoms with Crippen molar-refractivity contribution in [2.24, 2.45) is 0 Å². The molecule has 0 aliphatic carbocycles. The zero-order valence-electron chi connectivity index (χ0n) is 21.1. The maximum absolute atomic E-state index is 13.2. The highest BCUT2D eigenvalue weighted by Gasteiger charge is 2.28. The topological polar surface area (TPSA) is 127 Å². The van der Waals surface area contributed by atoms with Gasteiger partial charge < -0.3 is 20.1 Å². The second-order valence-electron chi connectivity index (χ2n) is 9.54. The molecular weight excluding hydrogens is 599 g/mol. The number of nitrogens with zero attached hydrogens (tertiary/aromatic N) is 1. The molecule has 2 unspecified atom stereocenters. The molecule has 0 radical (unpaired) electrons. The number of aliphatic hydroxyl groups is 1. The summed E-state index contributed by atoms with van der Waals surface area (Å²) in [5, 5.41) is 23.6. The lowest BCUT2D eigenvalue weighted by Gasteiger charge is -2.31. The van der Waals surface area contributed by atoms with Crippen LogP contribution in [0.2, 0.25) is 15.1 Å². The standard InChI is InChI=1S/C28H27Cl3N2O6S/c29-19-5-2-4-17(13-19)24(34)8-10-33-9-7-21-18(15-33)14-22(30)25(26(21)31)27(35)32-23(28(36)37)12-16-3-1-6-20(11-16)40(38)39/h1-6,11,13-14,23-24,34H,7-10,12,15H2,(H,32,35)(H,36,37)(H,38,39)/t23-,24?/m0/s1. The van der Waals surface area contributed by atoms with Gasteiger partial charge in [-0.3, -0.25) is 9.69 Å². The number of carboxylic acids is 1. The highest BCUT2D eigenvalue weighted by atomic mass is 35.5. The first-order chi connectivity index (χ1) is 19.0. The minimum absolute atomic E-state index is 0.00312. The van der Waals surface area contributed by atoms with Crippen LogP contribution in [-0.4, -0.2) is 54.9 Å². The molecule has 1 heterocycles. The number of halogens is 3. The van der Waals surface area contributed by atoms with E-state index in [4.69, 9.17) is 34.8 Å². The van der Waals surface area contributed by atoms with Gasteiger partial charge in [-0.25, -0.2) is 9.00 Å². The van der Waals surface area contributed by atoms with E-state index < -0.39 is 35.1 Å². The number of carbonyl (C=O) groups excluding carboxylic acids is 1. The van der Waals surface area contributed by atoms with Crippen LogP contribution in [0.3, 0.4) is 0 Å². The second-order valence-corrected chi connectivity index (χ2v) is 11.7. The van der Waals surface area contributed by atoms with Crippen LogP contribution in [0, 0.1) is 0 Å². The van der Waals surface area contributed by atoms with E-state index in [9.17, 15) is 28.6 Å². The van der Waals surface area contributed by atoms with E-state index in [1.54, 1.807) is 30.3 Å². The largest absolute Gasteiger partial charge is 0.480 e. The third-order valence-corrected chi connectivity index (χ3v) is 8.41. The zero-order valence-corrected chi connectivity index (χ0v) is 24.2. The summed E-state index contributed by atoms with van der Waals surface area (Å²) < 4.78 is 20.7. The molecule has 40 heavy (non-hydrogen) atoms. The molecule has 4 N–H and O–H groups in total. The molecule has 1 amide bonds. The summed E-state index contributed by atoms with van der Waals surface area (Å²) in [5.74, 6) is -2.00. The van der Waals surface area contributed by atoms with Crippen LogP contribution in [0.1, 0.15) is 45.1 Å². The fraction of sp³-hybridized carbons (Fsp3) is 0.286. The van der Waals surface area contributed by atoms with Crippen molar-refractivity contribution in [2.75, 3.05) is 13.1 Å². The van der Waals surface area contributed by atoms with Gasteiger partial charge in [0.15, 0.2) is 11.1 Å². The molecule has 0 saturated heterocycles. The van der Waals surface area contributed by atoms with Crippen LogP contribution in [0.25, 0.3) is 0 Å². The quantitative estimate of drug-likeness (QED) is 0.230. The summed E-state index contributed by atoms with van der Waals surface area (Å²) in [7, 11) is 0. The van der Waals surface area contributed by atoms with Crippen molar-refractivity contribution in [3.63, 3.8) is 0 Å². The van der Waals surface area contributed by atoms with Crippen molar-refractivity contribution in [1.29, 1.82) is 0 Å². The third-order valence-electron chi connectivity index (χ3n) is 6.81. The Morgan fingerprint density at radius 3 is 2.52 bits per heavy atom. The molecule has 3 aromatic rings. The average Bonchev–Trinajstić information content (AvgIpc) is 2.91. The van der Waals surface area contributed by atoms with Gasteiger partial charge in [0.05, 0.1) is 26.6 Å². The predicted octanol–water partition coefficient (Wildman–Crippen LogP) is 5.13. The SMILES string of the molecule is O=C(N[C@@H](Cc1cccc(S(=O)O)c1)C(=O)O)c1c(Cl)cc2c(c1Cl)CCN(CCC(O)c1cccc(Cl)c1)C2. The van der Waals surface area contributed by atoms with E-state index in [1.807, 2.05) is 6.07 Å². The molecule has 12 heteroatoms. The zero-order chi connectivity index (χ0) is 29.0. The molecule has 0 saturated carbocycles. The number of fused-ring (bicyclic) bond motifs is 1. The van der Waals surface area contributed by atoms with Crippen LogP contribution in [0.5, 0.6) is 0 Å². The van der Waals surface area contributed by atoms with Gasteiger partial charge in [-0.1, -0.05) is 59.1 Å². The van der Waals surface area contributed by atoms with Crippen LogP contribution in [0.15, 0.2) is 59.5 Å². The van der Waals surface area contributed by atoms with Crippen molar-refractivity contribution in [3.05, 3.63) is 97.5 Å². The monoisotopic (exact) mass is 624 g/mol. The Balaban J connectivity index is 1.44. The Labute approximate surface area is 249 Å². The number of rotatable bonds is 10. The number of hydrogen-bond acceptors (Lipinski definition) is 5. The van der Waals surface area contributed by atoms with Crippen LogP contribution in [0.4, 0.5) is 0 Å². The second kappa shape index (κ2) is 13.4. The van der Waals surface area contributed by atoms with Crippen molar-refractivity contribution in [1.82, 2.24) is 10.2 Å². The van der Waals surface area contributed by atoms with Gasteiger partial charge in [-0.05, 0) is 65.4 Å². The normalized spacial score (nSPS) is 15.6. The van der Waals surface area contributed by atoms with E-state index in [-0.39, 0.29) is 26.9 Å². The third kappa shape index (κ3) is 7.41. The Kier molecular flexibility index (Phi) is 10.2. The van der Waals surface area contributed by atoms with Gasteiger partial charge in [0.25, 0.3) is 5.91 Å². The molecule has 4 rings (SSSR count). The number of carbonyl (C=O) groups is 2. The van der Waals surface area contributed by atoms with E-state index in [1.165, 1.54) is 18.2 Å². The van der Waals surface area contributed by atoms with Gasteiger partial charge in [0.1, 0.15) is 6.04 Å². The fourth-order valence-corrected chi connectivity index (χ4v) is 6.15. The molecule has 8 nitrogen and oxygen atoms in total. The summed E-state index contributed by atoms with van der Waals surface area (Å²) in [6.45, 7) is 1.80. The number of aliphatic carboxylic acids is 1. The van der Waals surface area contributed by atoms with E-state index >= 15 is 0 Å². The first kappa shape index (κ1) is 30.5. The molecule has 0 aromatic heterocycles. The molecule has 0 spiro atoms. The maximum atomic E-state index is 13.2.